The lowest BCUT2D eigenvalue weighted by molar-refractivity contribution is 0.0935. The van der Waals surface area contributed by atoms with Crippen molar-refractivity contribution in [2.75, 3.05) is 5.32 Å². The highest BCUT2D eigenvalue weighted by Crippen LogP contribution is 2.27. The highest BCUT2D eigenvalue weighted by Gasteiger charge is 2.23. The molecule has 4 rings (SSSR count). The molecule has 0 bridgehead atoms. The van der Waals surface area contributed by atoms with Crippen LogP contribution >= 0.6 is 0 Å². The van der Waals surface area contributed by atoms with Crippen LogP contribution in [-0.2, 0) is 6.61 Å². The van der Waals surface area contributed by atoms with Gasteiger partial charge < -0.3 is 15.4 Å². The van der Waals surface area contributed by atoms with Gasteiger partial charge in [0.2, 0.25) is 0 Å². The predicted molar refractivity (Wildman–Crippen MR) is 102 cm³/mol. The Balaban J connectivity index is 1.43. The van der Waals surface area contributed by atoms with E-state index in [1.54, 1.807) is 0 Å². The van der Waals surface area contributed by atoms with E-state index < -0.39 is 0 Å². The van der Waals surface area contributed by atoms with Crippen molar-refractivity contribution in [3.8, 4) is 5.75 Å². The second-order valence-corrected chi connectivity index (χ2v) is 6.44. The number of rotatable bonds is 4. The van der Waals surface area contributed by atoms with Crippen molar-refractivity contribution >= 4 is 11.6 Å². The quantitative estimate of drug-likeness (QED) is 0.736. The standard InChI is InChI=1S/C22H20N2O2/c1-15-6-8-16(9-7-15)14-26-18-12-10-17(11-13-18)21-23-20-5-3-2-4-19(20)22(25)24-21/h2-13,21,23H,14H2,1H3,(H,24,25)/t21-/m1/s1. The van der Waals surface area contributed by atoms with Gasteiger partial charge >= 0.3 is 0 Å². The summed E-state index contributed by atoms with van der Waals surface area (Å²) in [5.74, 6) is 0.737. The van der Waals surface area contributed by atoms with Crippen LogP contribution in [0.1, 0.15) is 33.2 Å². The molecule has 2 N–H and O–H groups in total. The van der Waals surface area contributed by atoms with Crippen LogP contribution in [0.5, 0.6) is 5.75 Å². The molecule has 0 aromatic heterocycles. The van der Waals surface area contributed by atoms with Crippen LogP contribution in [0.3, 0.4) is 0 Å². The average molecular weight is 344 g/mol. The number of aryl methyl sites for hydroxylation is 1. The number of carbonyl (C=O) groups is 1. The number of hydrogen-bond donors (Lipinski definition) is 2. The molecule has 4 heteroatoms. The predicted octanol–water partition coefficient (Wildman–Crippen LogP) is 4.43. The molecule has 3 aromatic carbocycles. The Morgan fingerprint density at radius 2 is 1.62 bits per heavy atom. The number of benzene rings is 3. The molecular formula is C22H20N2O2. The van der Waals surface area contributed by atoms with Gasteiger partial charge in [-0.2, -0.15) is 0 Å². The third-order valence-electron chi connectivity index (χ3n) is 4.49. The zero-order valence-corrected chi connectivity index (χ0v) is 14.5. The van der Waals surface area contributed by atoms with Gasteiger partial charge in [-0.1, -0.05) is 54.1 Å². The summed E-state index contributed by atoms with van der Waals surface area (Å²) >= 11 is 0. The monoisotopic (exact) mass is 344 g/mol. The Morgan fingerprint density at radius 1 is 0.885 bits per heavy atom. The summed E-state index contributed by atoms with van der Waals surface area (Å²) in [6, 6.07) is 23.6. The maximum Gasteiger partial charge on any atom is 0.255 e. The Morgan fingerprint density at radius 3 is 2.38 bits per heavy atom. The fourth-order valence-electron chi connectivity index (χ4n) is 2.98. The van der Waals surface area contributed by atoms with Gasteiger partial charge in [0.1, 0.15) is 18.5 Å². The van der Waals surface area contributed by atoms with Gasteiger partial charge in [-0.25, -0.2) is 0 Å². The second-order valence-electron chi connectivity index (χ2n) is 6.44. The van der Waals surface area contributed by atoms with E-state index in [0.29, 0.717) is 12.2 Å². The number of anilines is 1. The van der Waals surface area contributed by atoms with E-state index in [9.17, 15) is 4.79 Å². The third kappa shape index (κ3) is 3.40. The molecule has 0 fully saturated rings. The maximum absolute atomic E-state index is 12.2. The largest absolute Gasteiger partial charge is 0.489 e. The van der Waals surface area contributed by atoms with Gasteiger partial charge in [-0.15, -0.1) is 0 Å². The molecule has 0 saturated heterocycles. The van der Waals surface area contributed by atoms with Gasteiger partial charge in [-0.3, -0.25) is 4.79 Å². The van der Waals surface area contributed by atoms with E-state index >= 15 is 0 Å². The Bertz CT molecular complexity index is 918. The van der Waals surface area contributed by atoms with Crippen molar-refractivity contribution < 1.29 is 9.53 Å². The number of nitrogens with one attached hydrogen (secondary N) is 2. The molecule has 26 heavy (non-hydrogen) atoms. The fourth-order valence-corrected chi connectivity index (χ4v) is 2.98. The first-order valence-electron chi connectivity index (χ1n) is 8.64. The molecule has 1 atom stereocenters. The topological polar surface area (TPSA) is 50.4 Å². The molecule has 3 aromatic rings. The molecular weight excluding hydrogens is 324 g/mol. The molecule has 130 valence electrons. The van der Waals surface area contributed by atoms with Gasteiger partial charge in [0.25, 0.3) is 5.91 Å². The highest BCUT2D eigenvalue weighted by atomic mass is 16.5. The number of para-hydroxylation sites is 1. The molecule has 1 aliphatic heterocycles. The smallest absolute Gasteiger partial charge is 0.255 e. The van der Waals surface area contributed by atoms with Gasteiger partial charge in [0.05, 0.1) is 5.56 Å². The van der Waals surface area contributed by atoms with Gasteiger partial charge in [0.15, 0.2) is 0 Å². The fraction of sp³-hybridized carbons (Fsp3) is 0.136. The van der Waals surface area contributed by atoms with Crippen molar-refractivity contribution in [3.63, 3.8) is 0 Å². The molecule has 1 heterocycles. The number of ether oxygens (including phenoxy) is 1. The van der Waals surface area contributed by atoms with E-state index in [-0.39, 0.29) is 12.1 Å². The normalized spacial score (nSPS) is 15.6. The minimum absolute atomic E-state index is 0.0657. The van der Waals surface area contributed by atoms with Crippen LogP contribution in [0.15, 0.2) is 72.8 Å². The number of amides is 1. The number of hydrogen-bond acceptors (Lipinski definition) is 3. The second kappa shape index (κ2) is 6.92. The summed E-state index contributed by atoms with van der Waals surface area (Å²) in [6.07, 6.45) is -0.247. The maximum atomic E-state index is 12.2. The van der Waals surface area contributed by atoms with Crippen LogP contribution in [0.25, 0.3) is 0 Å². The van der Waals surface area contributed by atoms with Crippen molar-refractivity contribution in [2.24, 2.45) is 0 Å². The Kier molecular flexibility index (Phi) is 4.32. The summed E-state index contributed by atoms with van der Waals surface area (Å²) in [6.45, 7) is 2.60. The van der Waals surface area contributed by atoms with Crippen molar-refractivity contribution in [1.29, 1.82) is 0 Å². The Labute approximate surface area is 152 Å². The van der Waals surface area contributed by atoms with Crippen LogP contribution in [-0.4, -0.2) is 5.91 Å². The lowest BCUT2D eigenvalue weighted by atomic mass is 10.1. The minimum Gasteiger partial charge on any atom is -0.489 e. The first kappa shape index (κ1) is 16.2. The van der Waals surface area contributed by atoms with Gasteiger partial charge in [-0.05, 0) is 42.3 Å². The van der Waals surface area contributed by atoms with Crippen LogP contribution in [0.4, 0.5) is 5.69 Å². The summed E-state index contributed by atoms with van der Waals surface area (Å²) in [5.41, 5.74) is 4.87. The van der Waals surface area contributed by atoms with E-state index in [4.69, 9.17) is 4.74 Å². The van der Waals surface area contributed by atoms with E-state index in [1.807, 2.05) is 48.5 Å². The minimum atomic E-state index is -0.247. The molecule has 1 aliphatic rings. The number of fused-ring (bicyclic) bond motifs is 1. The number of carbonyl (C=O) groups excluding carboxylic acids is 1. The van der Waals surface area contributed by atoms with Crippen LogP contribution < -0.4 is 15.4 Å². The Hall–Kier alpha value is -3.27. The zero-order valence-electron chi connectivity index (χ0n) is 14.5. The van der Waals surface area contributed by atoms with Crippen molar-refractivity contribution in [1.82, 2.24) is 5.32 Å². The molecule has 0 radical (unpaired) electrons. The van der Waals surface area contributed by atoms with E-state index in [2.05, 4.69) is 41.8 Å². The lowest BCUT2D eigenvalue weighted by Gasteiger charge is -2.28. The zero-order chi connectivity index (χ0) is 17.9. The van der Waals surface area contributed by atoms with Crippen molar-refractivity contribution in [2.45, 2.75) is 19.7 Å². The summed E-state index contributed by atoms with van der Waals surface area (Å²) in [4.78, 5) is 12.2. The lowest BCUT2D eigenvalue weighted by Crippen LogP contribution is -2.38. The van der Waals surface area contributed by atoms with Crippen LogP contribution in [0.2, 0.25) is 0 Å². The molecule has 0 saturated carbocycles. The SMILES string of the molecule is Cc1ccc(COc2ccc([C@H]3NC(=O)c4ccccc4N3)cc2)cc1. The molecule has 4 nitrogen and oxygen atoms in total. The van der Waals surface area contributed by atoms with Gasteiger partial charge in [0, 0.05) is 5.69 Å². The summed E-state index contributed by atoms with van der Waals surface area (Å²) in [7, 11) is 0. The average Bonchev–Trinajstić information content (AvgIpc) is 2.68. The highest BCUT2D eigenvalue weighted by molar-refractivity contribution is 6.01. The first-order valence-corrected chi connectivity index (χ1v) is 8.64. The van der Waals surface area contributed by atoms with E-state index in [0.717, 1.165) is 22.6 Å². The van der Waals surface area contributed by atoms with Crippen LogP contribution in [0, 0.1) is 6.92 Å². The van der Waals surface area contributed by atoms with Crippen molar-refractivity contribution in [3.05, 3.63) is 95.1 Å². The molecule has 1 amide bonds. The van der Waals surface area contributed by atoms with E-state index in [1.165, 1.54) is 5.56 Å². The third-order valence-corrected chi connectivity index (χ3v) is 4.49. The first-order chi connectivity index (χ1) is 12.7. The molecule has 0 aliphatic carbocycles. The molecule has 0 spiro atoms. The molecule has 0 unspecified atom stereocenters. The summed E-state index contributed by atoms with van der Waals surface area (Å²) < 4.78 is 5.84. The summed E-state index contributed by atoms with van der Waals surface area (Å²) in [5, 5.41) is 6.33.